The second kappa shape index (κ2) is 10.9. The number of aldehydes is 1. The van der Waals surface area contributed by atoms with Crippen LogP contribution in [0.25, 0.3) is 0 Å². The quantitative estimate of drug-likeness (QED) is 0.526. The molecule has 32 heavy (non-hydrogen) atoms. The van der Waals surface area contributed by atoms with Gasteiger partial charge in [-0.15, -0.1) is 0 Å². The molecule has 1 heterocycles. The van der Waals surface area contributed by atoms with E-state index in [9.17, 15) is 14.4 Å². The van der Waals surface area contributed by atoms with Gasteiger partial charge in [-0.2, -0.15) is 0 Å². The molecule has 0 saturated carbocycles. The van der Waals surface area contributed by atoms with Crippen molar-refractivity contribution in [1.82, 2.24) is 4.90 Å². The zero-order valence-electron chi connectivity index (χ0n) is 18.6. The highest BCUT2D eigenvalue weighted by atomic mass is 16.6. The number of imide groups is 1. The molecule has 2 aromatic carbocycles. The average molecular weight is 440 g/mol. The van der Waals surface area contributed by atoms with Gasteiger partial charge in [0, 0.05) is 5.92 Å². The lowest BCUT2D eigenvalue weighted by Crippen LogP contribution is -2.47. The number of amides is 2. The number of rotatable bonds is 10. The van der Waals surface area contributed by atoms with Crippen LogP contribution < -0.4 is 4.74 Å². The monoisotopic (exact) mass is 439 g/mol. The first-order valence-corrected chi connectivity index (χ1v) is 10.7. The normalized spacial score (nSPS) is 18.5. The Balaban J connectivity index is 1.72. The minimum absolute atomic E-state index is 0.146. The van der Waals surface area contributed by atoms with Crippen LogP contribution >= 0.6 is 0 Å². The van der Waals surface area contributed by atoms with E-state index in [0.29, 0.717) is 6.42 Å². The maximum atomic E-state index is 13.3. The summed E-state index contributed by atoms with van der Waals surface area (Å²) in [6.45, 7) is 3.76. The largest absolute Gasteiger partial charge is 0.497 e. The summed E-state index contributed by atoms with van der Waals surface area (Å²) in [7, 11) is 1.59. The number of hydrogen-bond acceptors (Lipinski definition) is 6. The van der Waals surface area contributed by atoms with Crippen LogP contribution in [0, 0.1) is 11.8 Å². The molecule has 0 spiro atoms. The first-order chi connectivity index (χ1) is 15.4. The molecule has 0 N–H and O–H groups in total. The van der Waals surface area contributed by atoms with Crippen molar-refractivity contribution in [2.24, 2.45) is 11.8 Å². The van der Waals surface area contributed by atoms with Gasteiger partial charge in [0.1, 0.15) is 18.6 Å². The van der Waals surface area contributed by atoms with Crippen molar-refractivity contribution in [3.8, 4) is 5.75 Å². The molecule has 0 aliphatic carbocycles. The second-order valence-electron chi connectivity index (χ2n) is 8.04. The summed E-state index contributed by atoms with van der Waals surface area (Å²) in [6.07, 6.45) is -0.0685. The summed E-state index contributed by atoms with van der Waals surface area (Å²) in [5.41, 5.74) is 1.89. The van der Waals surface area contributed by atoms with E-state index in [0.717, 1.165) is 23.2 Å². The van der Waals surface area contributed by atoms with Gasteiger partial charge in [0.2, 0.25) is 5.91 Å². The number of ether oxygens (including phenoxy) is 3. The molecule has 170 valence electrons. The standard InChI is InChI=1S/C25H29NO6/c1-17(14-27)23(31-15-20-9-11-22(30-3)12-10-20)18(2)24(28)26-21(16-32-25(26)29)13-19-7-5-4-6-8-19/h4-12,14,17-18,21,23H,13,15-16H2,1-3H3/t17-,18-,21-,23+/m1/s1. The van der Waals surface area contributed by atoms with Crippen LogP contribution in [-0.4, -0.2) is 49.0 Å². The zero-order chi connectivity index (χ0) is 23.1. The van der Waals surface area contributed by atoms with Crippen LogP contribution in [-0.2, 0) is 32.1 Å². The summed E-state index contributed by atoms with van der Waals surface area (Å²) >= 11 is 0. The molecule has 0 unspecified atom stereocenters. The summed E-state index contributed by atoms with van der Waals surface area (Å²) < 4.78 is 16.4. The maximum absolute atomic E-state index is 13.3. The van der Waals surface area contributed by atoms with Gasteiger partial charge in [-0.1, -0.05) is 56.3 Å². The van der Waals surface area contributed by atoms with Gasteiger partial charge >= 0.3 is 6.09 Å². The van der Waals surface area contributed by atoms with E-state index in [4.69, 9.17) is 14.2 Å². The van der Waals surface area contributed by atoms with Gasteiger partial charge in [-0.05, 0) is 29.7 Å². The van der Waals surface area contributed by atoms with Gasteiger partial charge < -0.3 is 19.0 Å². The van der Waals surface area contributed by atoms with Crippen LogP contribution in [0.4, 0.5) is 4.79 Å². The predicted molar refractivity (Wildman–Crippen MR) is 118 cm³/mol. The lowest BCUT2D eigenvalue weighted by atomic mass is 9.92. The average Bonchev–Trinajstić information content (AvgIpc) is 3.18. The van der Waals surface area contributed by atoms with E-state index in [1.54, 1.807) is 21.0 Å². The molecule has 1 fully saturated rings. The SMILES string of the molecule is COc1ccc(CO[C@@H]([C@H](C)C=O)[C@@H](C)C(=O)N2C(=O)OC[C@H]2Cc2ccccc2)cc1. The Bertz CT molecular complexity index is 914. The third-order valence-corrected chi connectivity index (χ3v) is 5.73. The molecule has 3 rings (SSSR count). The molecule has 7 nitrogen and oxygen atoms in total. The van der Waals surface area contributed by atoms with Crippen LogP contribution in [0.5, 0.6) is 5.75 Å². The third-order valence-electron chi connectivity index (χ3n) is 5.73. The molecule has 0 aromatic heterocycles. The summed E-state index contributed by atoms with van der Waals surface area (Å²) in [4.78, 5) is 38.4. The van der Waals surface area contributed by atoms with Crippen molar-refractivity contribution >= 4 is 18.3 Å². The van der Waals surface area contributed by atoms with Crippen LogP contribution in [0.1, 0.15) is 25.0 Å². The molecule has 2 amide bonds. The summed E-state index contributed by atoms with van der Waals surface area (Å²) in [5, 5.41) is 0. The van der Waals surface area contributed by atoms with Crippen molar-refractivity contribution in [1.29, 1.82) is 0 Å². The second-order valence-corrected chi connectivity index (χ2v) is 8.04. The van der Waals surface area contributed by atoms with Crippen LogP contribution in [0.3, 0.4) is 0 Å². The highest BCUT2D eigenvalue weighted by molar-refractivity contribution is 5.95. The van der Waals surface area contributed by atoms with E-state index in [1.807, 2.05) is 54.6 Å². The first kappa shape index (κ1) is 23.5. The lowest BCUT2D eigenvalue weighted by molar-refractivity contribution is -0.141. The number of carbonyl (C=O) groups is 3. The van der Waals surface area contributed by atoms with Gasteiger partial charge in [-0.3, -0.25) is 4.79 Å². The fraction of sp³-hybridized carbons (Fsp3) is 0.400. The van der Waals surface area contributed by atoms with E-state index in [1.165, 1.54) is 4.90 Å². The highest BCUT2D eigenvalue weighted by Crippen LogP contribution is 2.25. The van der Waals surface area contributed by atoms with Crippen molar-refractivity contribution in [2.75, 3.05) is 13.7 Å². The number of methoxy groups -OCH3 is 1. The molecule has 0 bridgehead atoms. The molecule has 1 saturated heterocycles. The fourth-order valence-corrected chi connectivity index (χ4v) is 3.87. The zero-order valence-corrected chi connectivity index (χ0v) is 18.6. The summed E-state index contributed by atoms with van der Waals surface area (Å²) in [5.74, 6) is -0.912. The van der Waals surface area contributed by atoms with Crippen molar-refractivity contribution in [3.05, 3.63) is 65.7 Å². The first-order valence-electron chi connectivity index (χ1n) is 10.7. The maximum Gasteiger partial charge on any atom is 0.416 e. The van der Waals surface area contributed by atoms with Crippen molar-refractivity contribution in [3.63, 3.8) is 0 Å². The molecular weight excluding hydrogens is 410 g/mol. The Hall–Kier alpha value is -3.19. The third kappa shape index (κ3) is 5.53. The Labute approximate surface area is 188 Å². The van der Waals surface area contributed by atoms with E-state index < -0.39 is 36.0 Å². The van der Waals surface area contributed by atoms with E-state index in [2.05, 4.69) is 0 Å². The molecule has 7 heteroatoms. The Kier molecular flexibility index (Phi) is 8.00. The minimum atomic E-state index is -0.711. The fourth-order valence-electron chi connectivity index (χ4n) is 3.87. The Morgan fingerprint density at radius 2 is 1.81 bits per heavy atom. The topological polar surface area (TPSA) is 82.1 Å². The molecular formula is C25H29NO6. The molecule has 4 atom stereocenters. The van der Waals surface area contributed by atoms with Crippen molar-refractivity contribution in [2.45, 2.75) is 39.0 Å². The van der Waals surface area contributed by atoms with E-state index >= 15 is 0 Å². The number of benzene rings is 2. The number of hydrogen-bond donors (Lipinski definition) is 0. The van der Waals surface area contributed by atoms with Crippen LogP contribution in [0.2, 0.25) is 0 Å². The molecule has 2 aromatic rings. The summed E-state index contributed by atoms with van der Waals surface area (Å²) in [6, 6.07) is 16.6. The predicted octanol–water partition coefficient (Wildman–Crippen LogP) is 3.64. The molecule has 1 aliphatic heterocycles. The Morgan fingerprint density at radius 3 is 2.44 bits per heavy atom. The highest BCUT2D eigenvalue weighted by Gasteiger charge is 2.42. The number of nitrogens with zero attached hydrogens (tertiary/aromatic N) is 1. The van der Waals surface area contributed by atoms with Gasteiger partial charge in [0.05, 0.1) is 31.8 Å². The van der Waals surface area contributed by atoms with Gasteiger partial charge in [0.25, 0.3) is 0 Å². The lowest BCUT2D eigenvalue weighted by Gasteiger charge is -2.30. The van der Waals surface area contributed by atoms with Gasteiger partial charge in [0.15, 0.2) is 0 Å². The van der Waals surface area contributed by atoms with E-state index in [-0.39, 0.29) is 13.2 Å². The number of cyclic esters (lactones) is 1. The smallest absolute Gasteiger partial charge is 0.416 e. The minimum Gasteiger partial charge on any atom is -0.497 e. The Morgan fingerprint density at radius 1 is 1.12 bits per heavy atom. The number of carbonyl (C=O) groups excluding carboxylic acids is 3. The molecule has 1 aliphatic rings. The van der Waals surface area contributed by atoms with Crippen molar-refractivity contribution < 1.29 is 28.6 Å². The van der Waals surface area contributed by atoms with Gasteiger partial charge in [-0.25, -0.2) is 9.69 Å². The van der Waals surface area contributed by atoms with Crippen LogP contribution in [0.15, 0.2) is 54.6 Å². The molecule has 0 radical (unpaired) electrons.